The van der Waals surface area contributed by atoms with Gasteiger partial charge in [-0.15, -0.1) is 0 Å². The van der Waals surface area contributed by atoms with Crippen molar-refractivity contribution in [1.82, 2.24) is 0 Å². The summed E-state index contributed by atoms with van der Waals surface area (Å²) in [5.41, 5.74) is 1.98. The van der Waals surface area contributed by atoms with Crippen LogP contribution in [-0.4, -0.2) is 29.1 Å². The van der Waals surface area contributed by atoms with Crippen molar-refractivity contribution in [2.75, 3.05) is 0 Å². The van der Waals surface area contributed by atoms with Crippen molar-refractivity contribution < 1.29 is 19.4 Å². The molecule has 5 atom stereocenters. The molecule has 24 heavy (non-hydrogen) atoms. The minimum atomic E-state index is -1.05. The summed E-state index contributed by atoms with van der Waals surface area (Å²) in [6.07, 6.45) is 3.25. The zero-order valence-corrected chi connectivity index (χ0v) is 15.3. The van der Waals surface area contributed by atoms with Crippen molar-refractivity contribution in [2.24, 2.45) is 17.3 Å². The van der Waals surface area contributed by atoms with E-state index in [9.17, 15) is 14.7 Å². The van der Waals surface area contributed by atoms with Gasteiger partial charge >= 0.3 is 5.97 Å². The summed E-state index contributed by atoms with van der Waals surface area (Å²) in [4.78, 5) is 24.3. The van der Waals surface area contributed by atoms with Crippen molar-refractivity contribution in [3.63, 3.8) is 0 Å². The number of allylic oxidation sites excluding steroid dienone is 2. The molecule has 1 spiro atoms. The number of aliphatic hydroxyl groups excluding tert-OH is 1. The second kappa shape index (κ2) is 6.67. The van der Waals surface area contributed by atoms with E-state index in [4.69, 9.17) is 4.74 Å². The molecule has 0 bridgehead atoms. The van der Waals surface area contributed by atoms with E-state index < -0.39 is 11.5 Å². The van der Waals surface area contributed by atoms with Crippen molar-refractivity contribution in [2.45, 2.75) is 59.7 Å². The SMILES string of the molecule is C=C(C)[C@@H]1C[C@@H](OC(=O)/C(C)=C/C)[C@@]2(C1)C(C)=CC(=O)[C@H](O)[C@H]2C. The van der Waals surface area contributed by atoms with E-state index in [1.807, 2.05) is 20.8 Å². The number of hydrogen-bond acceptors (Lipinski definition) is 4. The van der Waals surface area contributed by atoms with Crippen LogP contribution in [0.1, 0.15) is 47.5 Å². The molecule has 2 rings (SSSR count). The van der Waals surface area contributed by atoms with Gasteiger partial charge in [0.15, 0.2) is 5.78 Å². The van der Waals surface area contributed by atoms with Gasteiger partial charge in [0.25, 0.3) is 0 Å². The topological polar surface area (TPSA) is 63.6 Å². The number of aliphatic hydroxyl groups is 1. The third kappa shape index (κ3) is 2.88. The highest BCUT2D eigenvalue weighted by Gasteiger charge is 2.57. The number of rotatable bonds is 3. The van der Waals surface area contributed by atoms with E-state index >= 15 is 0 Å². The molecule has 0 aromatic carbocycles. The number of ketones is 1. The Morgan fingerprint density at radius 3 is 2.62 bits per heavy atom. The van der Waals surface area contributed by atoms with Crippen LogP contribution in [0.15, 0.2) is 35.5 Å². The standard InChI is InChI=1S/C20H28O4/c1-7-12(4)19(23)24-17-9-15(11(2)3)10-20(17)13(5)8-16(21)18(22)14(20)6/h7-8,14-15,17-18,22H,2,9-10H2,1,3-6H3/b12-7+/t14-,15-,17-,18-,20+/m1/s1. The van der Waals surface area contributed by atoms with Gasteiger partial charge in [0.05, 0.1) is 0 Å². The fourth-order valence-electron chi connectivity index (χ4n) is 4.17. The van der Waals surface area contributed by atoms with Crippen LogP contribution in [0.2, 0.25) is 0 Å². The second-order valence-corrected chi connectivity index (χ2v) is 7.35. The molecule has 2 aliphatic carbocycles. The number of hydrogen-bond donors (Lipinski definition) is 1. The Morgan fingerprint density at radius 1 is 1.46 bits per heavy atom. The van der Waals surface area contributed by atoms with Gasteiger partial charge in [-0.05, 0) is 52.5 Å². The fourth-order valence-corrected chi connectivity index (χ4v) is 4.17. The maximum absolute atomic E-state index is 12.3. The first kappa shape index (κ1) is 18.7. The van der Waals surface area contributed by atoms with Crippen molar-refractivity contribution in [1.29, 1.82) is 0 Å². The van der Waals surface area contributed by atoms with E-state index in [1.165, 1.54) is 6.08 Å². The lowest BCUT2D eigenvalue weighted by molar-refractivity contribution is -0.153. The van der Waals surface area contributed by atoms with E-state index in [-0.39, 0.29) is 29.7 Å². The maximum atomic E-state index is 12.3. The summed E-state index contributed by atoms with van der Waals surface area (Å²) in [5, 5.41) is 10.4. The predicted octanol–water partition coefficient (Wildman–Crippen LogP) is 3.36. The highest BCUT2D eigenvalue weighted by Crippen LogP contribution is 2.57. The van der Waals surface area contributed by atoms with Crippen LogP contribution in [0.3, 0.4) is 0 Å². The van der Waals surface area contributed by atoms with Gasteiger partial charge in [0.1, 0.15) is 12.2 Å². The van der Waals surface area contributed by atoms with Crippen molar-refractivity contribution in [3.8, 4) is 0 Å². The molecule has 4 heteroatoms. The Kier molecular flexibility index (Phi) is 5.19. The summed E-state index contributed by atoms with van der Waals surface area (Å²) in [6, 6.07) is 0. The van der Waals surface area contributed by atoms with Crippen LogP contribution >= 0.6 is 0 Å². The summed E-state index contributed by atoms with van der Waals surface area (Å²) in [7, 11) is 0. The number of ether oxygens (including phenoxy) is 1. The Bertz CT molecular complexity index is 628. The highest BCUT2D eigenvalue weighted by molar-refractivity contribution is 5.95. The number of carbonyl (C=O) groups excluding carboxylic acids is 2. The van der Waals surface area contributed by atoms with Crippen LogP contribution in [0.5, 0.6) is 0 Å². The Balaban J connectivity index is 2.46. The lowest BCUT2D eigenvalue weighted by Gasteiger charge is -2.45. The lowest BCUT2D eigenvalue weighted by atomic mass is 9.62. The second-order valence-electron chi connectivity index (χ2n) is 7.35. The molecule has 0 unspecified atom stereocenters. The van der Waals surface area contributed by atoms with Crippen LogP contribution in [0.25, 0.3) is 0 Å². The molecule has 1 N–H and O–H groups in total. The predicted molar refractivity (Wildman–Crippen MR) is 93.2 cm³/mol. The van der Waals surface area contributed by atoms with E-state index in [1.54, 1.807) is 19.9 Å². The molecule has 1 fully saturated rings. The number of esters is 1. The summed E-state index contributed by atoms with van der Waals surface area (Å²) in [5.74, 6) is -0.697. The maximum Gasteiger partial charge on any atom is 0.333 e. The molecule has 0 saturated heterocycles. The highest BCUT2D eigenvalue weighted by atomic mass is 16.5. The van der Waals surface area contributed by atoms with Gasteiger partial charge < -0.3 is 9.84 Å². The van der Waals surface area contributed by atoms with Gasteiger partial charge in [-0.25, -0.2) is 4.79 Å². The van der Waals surface area contributed by atoms with Crippen LogP contribution in [0, 0.1) is 17.3 Å². The van der Waals surface area contributed by atoms with Gasteiger partial charge in [0.2, 0.25) is 0 Å². The van der Waals surface area contributed by atoms with Gasteiger partial charge in [0, 0.05) is 16.9 Å². The van der Waals surface area contributed by atoms with Gasteiger partial charge in [-0.2, -0.15) is 0 Å². The zero-order chi connectivity index (χ0) is 18.2. The molecule has 2 aliphatic rings. The third-order valence-electron chi connectivity index (χ3n) is 6.03. The first-order valence-corrected chi connectivity index (χ1v) is 8.55. The number of carbonyl (C=O) groups is 2. The fraction of sp³-hybridized carbons (Fsp3) is 0.600. The van der Waals surface area contributed by atoms with Gasteiger partial charge in [-0.3, -0.25) is 4.79 Å². The zero-order valence-electron chi connectivity index (χ0n) is 15.3. The Labute approximate surface area is 144 Å². The van der Waals surface area contributed by atoms with Gasteiger partial charge in [-0.1, -0.05) is 30.7 Å². The average Bonchev–Trinajstić information content (AvgIpc) is 2.91. The largest absolute Gasteiger partial charge is 0.458 e. The van der Waals surface area contributed by atoms with E-state index in [0.29, 0.717) is 12.0 Å². The third-order valence-corrected chi connectivity index (χ3v) is 6.03. The van der Waals surface area contributed by atoms with Crippen LogP contribution in [-0.2, 0) is 14.3 Å². The Morgan fingerprint density at radius 2 is 2.08 bits per heavy atom. The minimum absolute atomic E-state index is 0.208. The first-order valence-electron chi connectivity index (χ1n) is 8.55. The molecule has 0 aliphatic heterocycles. The molecule has 4 nitrogen and oxygen atoms in total. The van der Waals surface area contributed by atoms with E-state index in [2.05, 4.69) is 6.58 Å². The molecular formula is C20H28O4. The molecule has 0 aromatic heterocycles. The van der Waals surface area contributed by atoms with Crippen LogP contribution < -0.4 is 0 Å². The lowest BCUT2D eigenvalue weighted by Crippen LogP contribution is -2.50. The monoisotopic (exact) mass is 332 g/mol. The molecule has 1 saturated carbocycles. The van der Waals surface area contributed by atoms with Crippen molar-refractivity contribution >= 4 is 11.8 Å². The Hall–Kier alpha value is -1.68. The molecule has 132 valence electrons. The quantitative estimate of drug-likeness (QED) is 0.489. The summed E-state index contributed by atoms with van der Waals surface area (Å²) in [6.45, 7) is 13.4. The average molecular weight is 332 g/mol. The first-order chi connectivity index (χ1) is 11.1. The molecule has 0 aromatic rings. The van der Waals surface area contributed by atoms with Crippen LogP contribution in [0.4, 0.5) is 0 Å². The molecule has 0 heterocycles. The molecule has 0 amide bonds. The summed E-state index contributed by atoms with van der Waals surface area (Å²) < 4.78 is 5.85. The molecular weight excluding hydrogens is 304 g/mol. The smallest absolute Gasteiger partial charge is 0.333 e. The van der Waals surface area contributed by atoms with Crippen molar-refractivity contribution in [3.05, 3.63) is 35.5 Å². The summed E-state index contributed by atoms with van der Waals surface area (Å²) >= 11 is 0. The van der Waals surface area contributed by atoms with E-state index in [0.717, 1.165) is 17.6 Å². The minimum Gasteiger partial charge on any atom is -0.458 e. The molecule has 0 radical (unpaired) electrons. The normalized spacial score (nSPS) is 36.7.